The lowest BCUT2D eigenvalue weighted by molar-refractivity contribution is 0.102. The largest absolute Gasteiger partial charge is 0.494 e. The van der Waals surface area contributed by atoms with Crippen molar-refractivity contribution < 1.29 is 14.6 Å². The highest BCUT2D eigenvalue weighted by molar-refractivity contribution is 6.05. The van der Waals surface area contributed by atoms with E-state index in [0.717, 1.165) is 18.5 Å². The minimum atomic E-state index is -0.165. The van der Waals surface area contributed by atoms with Gasteiger partial charge in [-0.25, -0.2) is 0 Å². The maximum atomic E-state index is 12.8. The molecule has 134 valence electrons. The van der Waals surface area contributed by atoms with E-state index in [4.69, 9.17) is 4.74 Å². The molecule has 1 amide bonds. The summed E-state index contributed by atoms with van der Waals surface area (Å²) in [5.74, 6) is 0.898. The van der Waals surface area contributed by atoms with Crippen LogP contribution < -0.4 is 10.1 Å². The second-order valence-corrected chi connectivity index (χ2v) is 6.62. The number of benzene rings is 1. The molecule has 2 N–H and O–H groups in total. The zero-order chi connectivity index (χ0) is 18.0. The van der Waals surface area contributed by atoms with Crippen molar-refractivity contribution in [2.24, 2.45) is 0 Å². The maximum absolute atomic E-state index is 12.8. The number of hydrogen-bond acceptors (Lipinski definition) is 4. The molecule has 0 unspecified atom stereocenters. The van der Waals surface area contributed by atoms with Crippen LogP contribution in [0.1, 0.15) is 67.2 Å². The summed E-state index contributed by atoms with van der Waals surface area (Å²) >= 11 is 0. The molecule has 1 aromatic carbocycles. The van der Waals surface area contributed by atoms with Crippen LogP contribution in [-0.4, -0.2) is 27.4 Å². The second kappa shape index (κ2) is 7.27. The Hall–Kier alpha value is -2.34. The average molecular weight is 343 g/mol. The molecule has 0 saturated heterocycles. The Morgan fingerprint density at radius 1 is 1.44 bits per heavy atom. The smallest absolute Gasteiger partial charge is 0.259 e. The zero-order valence-corrected chi connectivity index (χ0v) is 15.0. The number of nitrogens with zero attached hydrogens (tertiary/aromatic N) is 2. The molecule has 3 rings (SSSR count). The molecular formula is C19H25N3O3. The van der Waals surface area contributed by atoms with Crippen molar-refractivity contribution in [3.8, 4) is 5.75 Å². The zero-order valence-electron chi connectivity index (χ0n) is 15.0. The number of aliphatic hydroxyl groups excluding tert-OH is 1. The van der Waals surface area contributed by atoms with Crippen LogP contribution in [0, 0.1) is 0 Å². The monoisotopic (exact) mass is 343 g/mol. The van der Waals surface area contributed by atoms with Gasteiger partial charge < -0.3 is 15.2 Å². The van der Waals surface area contributed by atoms with E-state index in [1.807, 2.05) is 11.6 Å². The molecule has 6 heteroatoms. The Bertz CT molecular complexity index is 763. The van der Waals surface area contributed by atoms with Gasteiger partial charge in [0.25, 0.3) is 5.91 Å². The van der Waals surface area contributed by atoms with Gasteiger partial charge in [0, 0.05) is 23.2 Å². The standard InChI is InChI=1S/C19H25N3O3/c1-4-25-17-8-7-15(9-14(17)11-23)21-19(24)16-10-20-22(12(2)3)18(16)13-5-6-13/h7-10,12-13,23H,4-6,11H2,1-3H3,(H,21,24). The van der Waals surface area contributed by atoms with Gasteiger partial charge in [-0.2, -0.15) is 5.10 Å². The average Bonchev–Trinajstić information content (AvgIpc) is 3.33. The number of rotatable bonds is 7. The number of carbonyl (C=O) groups excluding carboxylic acids is 1. The van der Waals surface area contributed by atoms with Gasteiger partial charge in [0.05, 0.1) is 30.7 Å². The Morgan fingerprint density at radius 3 is 2.80 bits per heavy atom. The molecule has 25 heavy (non-hydrogen) atoms. The van der Waals surface area contributed by atoms with Crippen LogP contribution in [0.4, 0.5) is 5.69 Å². The van der Waals surface area contributed by atoms with Crippen molar-refractivity contribution in [3.05, 3.63) is 41.2 Å². The van der Waals surface area contributed by atoms with Crippen LogP contribution in [0.2, 0.25) is 0 Å². The molecule has 2 aromatic rings. The highest BCUT2D eigenvalue weighted by Crippen LogP contribution is 2.42. The predicted molar refractivity (Wildman–Crippen MR) is 96.1 cm³/mol. The van der Waals surface area contributed by atoms with E-state index in [-0.39, 0.29) is 18.6 Å². The molecule has 0 bridgehead atoms. The fourth-order valence-corrected chi connectivity index (χ4v) is 3.00. The first-order chi connectivity index (χ1) is 12.0. The van der Waals surface area contributed by atoms with Crippen LogP contribution in [0.5, 0.6) is 5.75 Å². The number of hydrogen-bond donors (Lipinski definition) is 2. The number of nitrogens with one attached hydrogen (secondary N) is 1. The molecule has 1 aliphatic rings. The summed E-state index contributed by atoms with van der Waals surface area (Å²) in [5.41, 5.74) is 2.95. The fourth-order valence-electron chi connectivity index (χ4n) is 3.00. The van der Waals surface area contributed by atoms with Crippen molar-refractivity contribution in [1.82, 2.24) is 9.78 Å². The van der Waals surface area contributed by atoms with Crippen LogP contribution in [0.3, 0.4) is 0 Å². The van der Waals surface area contributed by atoms with Gasteiger partial charge in [-0.05, 0) is 51.8 Å². The first kappa shape index (κ1) is 17.5. The minimum Gasteiger partial charge on any atom is -0.494 e. The fraction of sp³-hybridized carbons (Fsp3) is 0.474. The van der Waals surface area contributed by atoms with Gasteiger partial charge >= 0.3 is 0 Å². The maximum Gasteiger partial charge on any atom is 0.259 e. The number of aliphatic hydroxyl groups is 1. The van der Waals surface area contributed by atoms with Gasteiger partial charge in [-0.3, -0.25) is 9.48 Å². The first-order valence-corrected chi connectivity index (χ1v) is 8.80. The lowest BCUT2D eigenvalue weighted by Gasteiger charge is -2.13. The SMILES string of the molecule is CCOc1ccc(NC(=O)c2cnn(C(C)C)c2C2CC2)cc1CO. The Kier molecular flexibility index (Phi) is 5.08. The third-order valence-corrected chi connectivity index (χ3v) is 4.32. The molecule has 0 radical (unpaired) electrons. The number of amides is 1. The van der Waals surface area contributed by atoms with Crippen LogP contribution in [0.15, 0.2) is 24.4 Å². The highest BCUT2D eigenvalue weighted by Gasteiger charge is 2.33. The summed E-state index contributed by atoms with van der Waals surface area (Å²) in [5, 5.41) is 16.8. The lowest BCUT2D eigenvalue weighted by atomic mass is 10.1. The molecule has 1 saturated carbocycles. The molecular weight excluding hydrogens is 318 g/mol. The van der Waals surface area contributed by atoms with Gasteiger partial charge in [0.2, 0.25) is 0 Å². The molecule has 6 nitrogen and oxygen atoms in total. The number of carbonyl (C=O) groups is 1. The Labute approximate surface area is 147 Å². The number of aromatic nitrogens is 2. The van der Waals surface area contributed by atoms with E-state index in [9.17, 15) is 9.90 Å². The molecule has 0 atom stereocenters. The summed E-state index contributed by atoms with van der Waals surface area (Å²) in [6.07, 6.45) is 3.87. The molecule has 0 spiro atoms. The molecule has 1 aliphatic carbocycles. The predicted octanol–water partition coefficient (Wildman–Crippen LogP) is 3.48. The van der Waals surface area contributed by atoms with E-state index in [1.54, 1.807) is 24.4 Å². The van der Waals surface area contributed by atoms with Crippen molar-refractivity contribution in [2.75, 3.05) is 11.9 Å². The number of ether oxygens (including phenoxy) is 1. The summed E-state index contributed by atoms with van der Waals surface area (Å²) in [4.78, 5) is 12.8. The van der Waals surface area contributed by atoms with Gasteiger partial charge in [0.1, 0.15) is 5.75 Å². The molecule has 1 aromatic heterocycles. The third-order valence-electron chi connectivity index (χ3n) is 4.32. The van der Waals surface area contributed by atoms with Crippen LogP contribution in [0.25, 0.3) is 0 Å². The van der Waals surface area contributed by atoms with E-state index >= 15 is 0 Å². The molecule has 1 fully saturated rings. The highest BCUT2D eigenvalue weighted by atomic mass is 16.5. The van der Waals surface area contributed by atoms with Crippen molar-refractivity contribution in [3.63, 3.8) is 0 Å². The minimum absolute atomic E-state index is 0.141. The summed E-state index contributed by atoms with van der Waals surface area (Å²) < 4.78 is 7.42. The van der Waals surface area contributed by atoms with E-state index in [0.29, 0.717) is 35.1 Å². The first-order valence-electron chi connectivity index (χ1n) is 8.80. The van der Waals surface area contributed by atoms with Crippen molar-refractivity contribution in [2.45, 2.75) is 52.2 Å². The quantitative estimate of drug-likeness (QED) is 0.807. The second-order valence-electron chi connectivity index (χ2n) is 6.62. The topological polar surface area (TPSA) is 76.4 Å². The molecule has 1 heterocycles. The third kappa shape index (κ3) is 3.69. The summed E-state index contributed by atoms with van der Waals surface area (Å²) in [6, 6.07) is 5.52. The lowest BCUT2D eigenvalue weighted by Crippen LogP contribution is -2.15. The van der Waals surface area contributed by atoms with E-state index < -0.39 is 0 Å². The van der Waals surface area contributed by atoms with Crippen LogP contribution in [-0.2, 0) is 6.61 Å². The van der Waals surface area contributed by atoms with E-state index in [1.165, 1.54) is 0 Å². The van der Waals surface area contributed by atoms with Gasteiger partial charge in [0.15, 0.2) is 0 Å². The van der Waals surface area contributed by atoms with Crippen molar-refractivity contribution in [1.29, 1.82) is 0 Å². The summed E-state index contributed by atoms with van der Waals surface area (Å²) in [6.45, 7) is 6.42. The van der Waals surface area contributed by atoms with Crippen molar-refractivity contribution >= 4 is 11.6 Å². The number of anilines is 1. The Morgan fingerprint density at radius 2 is 2.20 bits per heavy atom. The van der Waals surface area contributed by atoms with E-state index in [2.05, 4.69) is 24.3 Å². The van der Waals surface area contributed by atoms with Gasteiger partial charge in [-0.1, -0.05) is 0 Å². The normalized spacial score (nSPS) is 14.0. The van der Waals surface area contributed by atoms with Crippen LogP contribution >= 0.6 is 0 Å². The van der Waals surface area contributed by atoms with Gasteiger partial charge in [-0.15, -0.1) is 0 Å². The summed E-state index contributed by atoms with van der Waals surface area (Å²) in [7, 11) is 0. The molecule has 0 aliphatic heterocycles. The Balaban J connectivity index is 1.83.